The van der Waals surface area contributed by atoms with Crippen LogP contribution in [0.1, 0.15) is 75.2 Å². The van der Waals surface area contributed by atoms with Crippen molar-refractivity contribution in [2.24, 2.45) is 5.92 Å². The van der Waals surface area contributed by atoms with Gasteiger partial charge in [0.15, 0.2) is 5.78 Å². The fourth-order valence-electron chi connectivity index (χ4n) is 2.42. The number of hydrogen-bond acceptors (Lipinski definition) is 1. The Balaban J connectivity index is 2.94. The highest BCUT2D eigenvalue weighted by atomic mass is 16.1. The zero-order valence-electron chi connectivity index (χ0n) is 12.2. The first kappa shape index (κ1) is 14.9. The highest BCUT2D eigenvalue weighted by molar-refractivity contribution is 5.99. The number of benzene rings is 1. The molecule has 0 amide bonds. The van der Waals surface area contributed by atoms with Crippen molar-refractivity contribution in [2.45, 2.75) is 59.3 Å². The van der Waals surface area contributed by atoms with E-state index < -0.39 is 0 Å². The normalized spacial score (nSPS) is 12.7. The van der Waals surface area contributed by atoms with Gasteiger partial charge in [-0.25, -0.2) is 0 Å². The molecule has 0 aliphatic heterocycles. The van der Waals surface area contributed by atoms with E-state index in [-0.39, 0.29) is 5.92 Å². The second-order valence-corrected chi connectivity index (χ2v) is 5.35. The quantitative estimate of drug-likeness (QED) is 0.604. The van der Waals surface area contributed by atoms with Crippen molar-refractivity contribution in [3.8, 4) is 0 Å². The lowest BCUT2D eigenvalue weighted by Crippen LogP contribution is -2.16. The predicted molar refractivity (Wildman–Crippen MR) is 78.2 cm³/mol. The van der Waals surface area contributed by atoms with Crippen LogP contribution in [0.3, 0.4) is 0 Å². The fourth-order valence-corrected chi connectivity index (χ4v) is 2.42. The van der Waals surface area contributed by atoms with E-state index in [0.29, 0.717) is 11.7 Å². The van der Waals surface area contributed by atoms with Gasteiger partial charge in [0.1, 0.15) is 0 Å². The fraction of sp³-hybridized carbons (Fsp3) is 0.588. The molecule has 100 valence electrons. The maximum absolute atomic E-state index is 12.6. The summed E-state index contributed by atoms with van der Waals surface area (Å²) >= 11 is 0. The highest BCUT2D eigenvalue weighted by Gasteiger charge is 2.20. The minimum Gasteiger partial charge on any atom is -0.294 e. The summed E-state index contributed by atoms with van der Waals surface area (Å²) in [5, 5.41) is 0. The summed E-state index contributed by atoms with van der Waals surface area (Å²) in [6.07, 6.45) is 4.28. The molecule has 0 heterocycles. The summed E-state index contributed by atoms with van der Waals surface area (Å²) in [4.78, 5) is 12.6. The molecule has 0 radical (unpaired) electrons. The lowest BCUT2D eigenvalue weighted by Gasteiger charge is -2.17. The monoisotopic (exact) mass is 246 g/mol. The molecule has 0 spiro atoms. The maximum Gasteiger partial charge on any atom is 0.166 e. The van der Waals surface area contributed by atoms with E-state index in [1.54, 1.807) is 0 Å². The Morgan fingerprint density at radius 3 is 2.39 bits per heavy atom. The van der Waals surface area contributed by atoms with Crippen LogP contribution in [0.15, 0.2) is 24.3 Å². The molecule has 0 aromatic heterocycles. The van der Waals surface area contributed by atoms with Gasteiger partial charge in [-0.05, 0) is 24.3 Å². The van der Waals surface area contributed by atoms with Crippen molar-refractivity contribution in [1.82, 2.24) is 0 Å². The van der Waals surface area contributed by atoms with Gasteiger partial charge in [0, 0.05) is 11.5 Å². The molecule has 1 aromatic carbocycles. The van der Waals surface area contributed by atoms with Gasteiger partial charge in [-0.15, -0.1) is 0 Å². The van der Waals surface area contributed by atoms with Crippen molar-refractivity contribution in [1.29, 1.82) is 0 Å². The molecule has 0 fully saturated rings. The van der Waals surface area contributed by atoms with Gasteiger partial charge in [0.05, 0.1) is 0 Å². The Labute approximate surface area is 112 Å². The van der Waals surface area contributed by atoms with Gasteiger partial charge in [0.2, 0.25) is 0 Å². The van der Waals surface area contributed by atoms with E-state index in [9.17, 15) is 4.79 Å². The third-order valence-electron chi connectivity index (χ3n) is 3.62. The van der Waals surface area contributed by atoms with Crippen LogP contribution in [0.25, 0.3) is 0 Å². The lowest BCUT2D eigenvalue weighted by molar-refractivity contribution is 0.0907. The van der Waals surface area contributed by atoms with Gasteiger partial charge in [-0.1, -0.05) is 64.8 Å². The third kappa shape index (κ3) is 3.69. The maximum atomic E-state index is 12.6. The van der Waals surface area contributed by atoms with Gasteiger partial charge in [-0.3, -0.25) is 4.79 Å². The molecule has 18 heavy (non-hydrogen) atoms. The van der Waals surface area contributed by atoms with Gasteiger partial charge in [-0.2, -0.15) is 0 Å². The molecule has 1 unspecified atom stereocenters. The average Bonchev–Trinajstić information content (AvgIpc) is 2.39. The number of unbranched alkanes of at least 4 members (excludes halogenated alkanes) is 1. The molecule has 0 saturated carbocycles. The predicted octanol–water partition coefficient (Wildman–Crippen LogP) is 5.21. The number of ketones is 1. The molecule has 1 nitrogen and oxygen atoms in total. The van der Waals surface area contributed by atoms with Gasteiger partial charge < -0.3 is 0 Å². The second-order valence-electron chi connectivity index (χ2n) is 5.35. The Kier molecular flexibility index (Phi) is 6.11. The van der Waals surface area contributed by atoms with Crippen molar-refractivity contribution in [3.05, 3.63) is 35.4 Å². The molecule has 0 aliphatic carbocycles. The molecule has 1 rings (SSSR count). The molecular weight excluding hydrogens is 220 g/mol. The summed E-state index contributed by atoms with van der Waals surface area (Å²) in [6.45, 7) is 8.60. The van der Waals surface area contributed by atoms with Crippen LogP contribution in [-0.2, 0) is 0 Å². The summed E-state index contributed by atoms with van der Waals surface area (Å²) in [5.41, 5.74) is 2.13. The SMILES string of the molecule is CCCCC(CC)C(=O)c1ccccc1C(C)C. The Bertz CT molecular complexity index is 379. The topological polar surface area (TPSA) is 17.1 Å². The van der Waals surface area contributed by atoms with E-state index in [2.05, 4.69) is 33.8 Å². The summed E-state index contributed by atoms with van der Waals surface area (Å²) in [6, 6.07) is 8.08. The third-order valence-corrected chi connectivity index (χ3v) is 3.62. The van der Waals surface area contributed by atoms with Crippen LogP contribution < -0.4 is 0 Å². The molecule has 0 N–H and O–H groups in total. The van der Waals surface area contributed by atoms with Crippen LogP contribution in [0.2, 0.25) is 0 Å². The van der Waals surface area contributed by atoms with Crippen LogP contribution >= 0.6 is 0 Å². The van der Waals surface area contributed by atoms with Crippen molar-refractivity contribution < 1.29 is 4.79 Å². The van der Waals surface area contributed by atoms with E-state index >= 15 is 0 Å². The molecule has 0 bridgehead atoms. The number of carbonyl (C=O) groups is 1. The molecule has 1 heteroatoms. The summed E-state index contributed by atoms with van der Waals surface area (Å²) in [7, 11) is 0. The standard InChI is InChI=1S/C17H26O/c1-5-7-10-14(6-2)17(18)16-12-9-8-11-15(16)13(3)4/h8-9,11-14H,5-7,10H2,1-4H3. The Hall–Kier alpha value is -1.11. The summed E-state index contributed by atoms with van der Waals surface area (Å²) < 4.78 is 0. The summed E-state index contributed by atoms with van der Waals surface area (Å²) in [5.74, 6) is 0.953. The minimum absolute atomic E-state index is 0.199. The van der Waals surface area contributed by atoms with Crippen LogP contribution in [0, 0.1) is 5.92 Å². The smallest absolute Gasteiger partial charge is 0.166 e. The highest BCUT2D eigenvalue weighted by Crippen LogP contribution is 2.25. The number of Topliss-reactive ketones (excluding diaryl/α,β-unsaturated/α-hetero) is 1. The number of carbonyl (C=O) groups excluding carboxylic acids is 1. The number of rotatable bonds is 7. The Morgan fingerprint density at radius 2 is 1.83 bits per heavy atom. The first-order chi connectivity index (χ1) is 8.61. The van der Waals surface area contributed by atoms with Crippen molar-refractivity contribution >= 4 is 5.78 Å². The molecule has 0 aliphatic rings. The zero-order chi connectivity index (χ0) is 13.5. The number of hydrogen-bond donors (Lipinski definition) is 0. The van der Waals surface area contributed by atoms with Gasteiger partial charge in [0.25, 0.3) is 0 Å². The van der Waals surface area contributed by atoms with Gasteiger partial charge >= 0.3 is 0 Å². The molecule has 1 atom stereocenters. The first-order valence-electron chi connectivity index (χ1n) is 7.24. The molecule has 1 aromatic rings. The minimum atomic E-state index is 0.199. The van der Waals surface area contributed by atoms with Crippen LogP contribution in [0.5, 0.6) is 0 Å². The molecular formula is C17H26O. The van der Waals surface area contributed by atoms with E-state index in [1.807, 2.05) is 18.2 Å². The largest absolute Gasteiger partial charge is 0.294 e. The van der Waals surface area contributed by atoms with Crippen molar-refractivity contribution in [3.63, 3.8) is 0 Å². The van der Waals surface area contributed by atoms with Crippen molar-refractivity contribution in [2.75, 3.05) is 0 Å². The second kappa shape index (κ2) is 7.35. The van der Waals surface area contributed by atoms with E-state index in [0.717, 1.165) is 31.2 Å². The van der Waals surface area contributed by atoms with E-state index in [1.165, 1.54) is 5.56 Å². The van der Waals surface area contributed by atoms with Crippen LogP contribution in [-0.4, -0.2) is 5.78 Å². The van der Waals surface area contributed by atoms with E-state index in [4.69, 9.17) is 0 Å². The lowest BCUT2D eigenvalue weighted by atomic mass is 9.86. The Morgan fingerprint density at radius 1 is 1.17 bits per heavy atom. The molecule has 0 saturated heterocycles. The zero-order valence-corrected chi connectivity index (χ0v) is 12.2. The first-order valence-corrected chi connectivity index (χ1v) is 7.24. The average molecular weight is 246 g/mol. The van der Waals surface area contributed by atoms with Crippen LogP contribution in [0.4, 0.5) is 0 Å².